The van der Waals surface area contributed by atoms with E-state index in [1.165, 1.54) is 66.8 Å². The molecule has 0 aliphatic heterocycles. The molecule has 0 spiro atoms. The molecular formula is C61H52. The molecule has 8 aromatic carbocycles. The third kappa shape index (κ3) is 9.96. The highest BCUT2D eigenvalue weighted by Crippen LogP contribution is 2.46. The van der Waals surface area contributed by atoms with Crippen LogP contribution in [0.4, 0.5) is 0 Å². The van der Waals surface area contributed by atoms with Crippen molar-refractivity contribution in [3.8, 4) is 0 Å². The molecule has 0 heteroatoms. The van der Waals surface area contributed by atoms with Gasteiger partial charge in [0.2, 0.25) is 0 Å². The summed E-state index contributed by atoms with van der Waals surface area (Å²) >= 11 is 0. The number of hydrogen-bond donors (Lipinski definition) is 0. The fraction of sp³-hybridized carbons (Fsp3) is 0.0820. The second kappa shape index (κ2) is 18.8. The van der Waals surface area contributed by atoms with Crippen molar-refractivity contribution >= 4 is 48.6 Å². The minimum atomic E-state index is -0.614. The zero-order chi connectivity index (χ0) is 42.0. The van der Waals surface area contributed by atoms with Crippen LogP contribution in [-0.4, -0.2) is 0 Å². The van der Waals surface area contributed by atoms with Gasteiger partial charge in [0.25, 0.3) is 0 Å². The summed E-state index contributed by atoms with van der Waals surface area (Å²) in [7, 11) is 0. The van der Waals surface area contributed by atoms with E-state index in [9.17, 15) is 0 Å². The van der Waals surface area contributed by atoms with E-state index in [1.54, 1.807) is 0 Å². The van der Waals surface area contributed by atoms with Crippen LogP contribution in [-0.2, 0) is 5.41 Å². The summed E-state index contributed by atoms with van der Waals surface area (Å²) in [4.78, 5) is 0. The fourth-order valence-corrected chi connectivity index (χ4v) is 7.86. The standard InChI is InChI=1S/C61H52/c1-45-5-13-49(14-6-45)21-25-53-29-37-57(38-30-53)61(58-39-31-54(32-40-58)26-22-50-15-7-46(2)8-16-50,59-41-33-55(34-42-59)27-23-51-17-9-47(3)10-18-51)60-43-35-56(36-44-60)28-24-52-19-11-48(4)12-20-52/h5-44H,1-4H3/b25-21+,26-22+,27-23+,28-24+. The predicted molar refractivity (Wildman–Crippen MR) is 265 cm³/mol. The van der Waals surface area contributed by atoms with Gasteiger partial charge in [-0.2, -0.15) is 0 Å². The fourth-order valence-electron chi connectivity index (χ4n) is 7.86. The molecule has 0 aromatic heterocycles. The van der Waals surface area contributed by atoms with Gasteiger partial charge in [-0.05, 0) is 94.5 Å². The van der Waals surface area contributed by atoms with Crippen LogP contribution in [0.3, 0.4) is 0 Å². The summed E-state index contributed by atoms with van der Waals surface area (Å²) in [5.41, 5.74) is 18.6. The lowest BCUT2D eigenvalue weighted by Crippen LogP contribution is -2.31. The maximum Gasteiger partial charge on any atom is 0.0701 e. The van der Waals surface area contributed by atoms with Crippen LogP contribution in [0.2, 0.25) is 0 Å². The van der Waals surface area contributed by atoms with Gasteiger partial charge in [0.15, 0.2) is 0 Å². The summed E-state index contributed by atoms with van der Waals surface area (Å²) in [5.74, 6) is 0. The van der Waals surface area contributed by atoms with Crippen LogP contribution in [0, 0.1) is 27.7 Å². The lowest BCUT2D eigenvalue weighted by Gasteiger charge is -2.37. The van der Waals surface area contributed by atoms with Gasteiger partial charge in [0, 0.05) is 0 Å². The average molecular weight is 785 g/mol. The Kier molecular flexibility index (Phi) is 12.4. The van der Waals surface area contributed by atoms with E-state index in [1.807, 2.05) is 0 Å². The average Bonchev–Trinajstić information content (AvgIpc) is 3.30. The third-order valence-corrected chi connectivity index (χ3v) is 11.6. The molecule has 61 heavy (non-hydrogen) atoms. The topological polar surface area (TPSA) is 0 Å². The molecule has 0 saturated carbocycles. The van der Waals surface area contributed by atoms with Crippen molar-refractivity contribution in [2.45, 2.75) is 33.1 Å². The van der Waals surface area contributed by atoms with Gasteiger partial charge in [-0.25, -0.2) is 0 Å². The molecule has 0 amide bonds. The molecule has 8 aromatic rings. The molecule has 0 fully saturated rings. The summed E-state index contributed by atoms with van der Waals surface area (Å²) in [5, 5.41) is 0. The third-order valence-electron chi connectivity index (χ3n) is 11.6. The van der Waals surface area contributed by atoms with E-state index in [4.69, 9.17) is 0 Å². The second-order valence-corrected chi connectivity index (χ2v) is 16.2. The van der Waals surface area contributed by atoms with Gasteiger partial charge in [0.05, 0.1) is 5.41 Å². The molecule has 0 N–H and O–H groups in total. The summed E-state index contributed by atoms with van der Waals surface area (Å²) in [6.45, 7) is 8.50. The molecule has 0 bridgehead atoms. The highest BCUT2D eigenvalue weighted by molar-refractivity contribution is 5.75. The number of benzene rings is 8. The van der Waals surface area contributed by atoms with Crippen molar-refractivity contribution in [2.75, 3.05) is 0 Å². The molecule has 0 heterocycles. The van der Waals surface area contributed by atoms with E-state index in [-0.39, 0.29) is 0 Å². The lowest BCUT2D eigenvalue weighted by atomic mass is 9.64. The first-order valence-corrected chi connectivity index (χ1v) is 21.2. The zero-order valence-electron chi connectivity index (χ0n) is 35.6. The van der Waals surface area contributed by atoms with E-state index >= 15 is 0 Å². The SMILES string of the molecule is Cc1ccc(/C=C/c2ccc(C(c3ccc(/C=C/c4ccc(C)cc4)cc3)(c3ccc(/C=C/c4ccc(C)cc4)cc3)c3ccc(/C=C/c4ccc(C)cc4)cc3)cc2)cc1. The van der Waals surface area contributed by atoms with Gasteiger partial charge in [-0.3, -0.25) is 0 Å². The van der Waals surface area contributed by atoms with E-state index < -0.39 is 5.41 Å². The van der Waals surface area contributed by atoms with Crippen LogP contribution >= 0.6 is 0 Å². The van der Waals surface area contributed by atoms with Crippen LogP contribution in [0.25, 0.3) is 48.6 Å². The van der Waals surface area contributed by atoms with Crippen molar-refractivity contribution in [3.05, 3.63) is 283 Å². The monoisotopic (exact) mass is 784 g/mol. The van der Waals surface area contributed by atoms with Crippen molar-refractivity contribution in [1.29, 1.82) is 0 Å². The highest BCUT2D eigenvalue weighted by atomic mass is 14.4. The molecule has 0 unspecified atom stereocenters. The normalized spacial score (nSPS) is 12.0. The summed E-state index contributed by atoms with van der Waals surface area (Å²) < 4.78 is 0. The lowest BCUT2D eigenvalue weighted by molar-refractivity contribution is 0.744. The zero-order valence-corrected chi connectivity index (χ0v) is 35.6. The van der Waals surface area contributed by atoms with E-state index in [0.717, 1.165) is 22.3 Å². The molecule has 8 rings (SSSR count). The molecular weight excluding hydrogens is 733 g/mol. The van der Waals surface area contributed by atoms with Gasteiger partial charge in [0.1, 0.15) is 0 Å². The summed E-state index contributed by atoms with van der Waals surface area (Å²) in [6.07, 6.45) is 17.6. The highest BCUT2D eigenvalue weighted by Gasteiger charge is 2.38. The Morgan fingerprint density at radius 2 is 0.328 bits per heavy atom. The number of aryl methyl sites for hydroxylation is 4. The molecule has 296 valence electrons. The maximum absolute atomic E-state index is 2.32. The van der Waals surface area contributed by atoms with Gasteiger partial charge < -0.3 is 0 Å². The Morgan fingerprint density at radius 1 is 0.197 bits per heavy atom. The number of rotatable bonds is 12. The first-order valence-electron chi connectivity index (χ1n) is 21.2. The Balaban J connectivity index is 1.24. The smallest absolute Gasteiger partial charge is 0.0587 e. The Labute approximate surface area is 363 Å². The Morgan fingerprint density at radius 3 is 0.475 bits per heavy atom. The van der Waals surface area contributed by atoms with Gasteiger partial charge in [-0.1, -0.05) is 265 Å². The van der Waals surface area contributed by atoms with E-state index in [0.29, 0.717) is 0 Å². The largest absolute Gasteiger partial charge is 0.0701 e. The van der Waals surface area contributed by atoms with Crippen molar-refractivity contribution in [2.24, 2.45) is 0 Å². The Bertz CT molecular complexity index is 2370. The van der Waals surface area contributed by atoms with Crippen molar-refractivity contribution < 1.29 is 0 Å². The van der Waals surface area contributed by atoms with Crippen LogP contribution in [0.5, 0.6) is 0 Å². The van der Waals surface area contributed by atoms with Gasteiger partial charge >= 0.3 is 0 Å². The molecule has 0 nitrogen and oxygen atoms in total. The maximum atomic E-state index is 2.32. The first-order chi connectivity index (χ1) is 29.8. The second-order valence-electron chi connectivity index (χ2n) is 16.2. The predicted octanol–water partition coefficient (Wildman–Crippen LogP) is 16.0. The minimum absolute atomic E-state index is 0.614. The van der Waals surface area contributed by atoms with Crippen molar-refractivity contribution in [3.63, 3.8) is 0 Å². The molecule has 0 saturated heterocycles. The van der Waals surface area contributed by atoms with Gasteiger partial charge in [-0.15, -0.1) is 0 Å². The summed E-state index contributed by atoms with van der Waals surface area (Å²) in [6, 6.07) is 71.2. The minimum Gasteiger partial charge on any atom is -0.0587 e. The van der Waals surface area contributed by atoms with Crippen LogP contribution in [0.15, 0.2) is 194 Å². The quantitative estimate of drug-likeness (QED) is 0.0855. The van der Waals surface area contributed by atoms with Crippen LogP contribution in [0.1, 0.15) is 89.0 Å². The van der Waals surface area contributed by atoms with E-state index in [2.05, 4.69) is 270 Å². The van der Waals surface area contributed by atoms with Crippen molar-refractivity contribution in [1.82, 2.24) is 0 Å². The molecule has 0 aliphatic rings. The number of hydrogen-bond acceptors (Lipinski definition) is 0. The molecule has 0 radical (unpaired) electrons. The molecule has 0 atom stereocenters. The van der Waals surface area contributed by atoms with Crippen LogP contribution < -0.4 is 0 Å². The Hall–Kier alpha value is -7.28. The first kappa shape index (κ1) is 40.5. The molecule has 0 aliphatic carbocycles.